The summed E-state index contributed by atoms with van der Waals surface area (Å²) in [6, 6.07) is 7.60. The van der Waals surface area contributed by atoms with Crippen molar-refractivity contribution in [2.45, 2.75) is 19.1 Å². The first-order chi connectivity index (χ1) is 9.06. The van der Waals surface area contributed by atoms with Crippen molar-refractivity contribution in [1.29, 1.82) is 0 Å². The van der Waals surface area contributed by atoms with Gasteiger partial charge in [-0.1, -0.05) is 12.1 Å². The number of rotatable bonds is 4. The fourth-order valence-electron chi connectivity index (χ4n) is 2.10. The second kappa shape index (κ2) is 5.59. The molecule has 1 amide bonds. The lowest BCUT2D eigenvalue weighted by Gasteiger charge is -2.39. The second-order valence-corrected chi connectivity index (χ2v) is 5.00. The number of amides is 1. The van der Waals surface area contributed by atoms with E-state index in [9.17, 15) is 9.90 Å². The Morgan fingerprint density at radius 2 is 2.32 bits per heavy atom. The lowest BCUT2D eigenvalue weighted by molar-refractivity contribution is -0.167. The molecule has 1 aromatic rings. The predicted molar refractivity (Wildman–Crippen MR) is 69.9 cm³/mol. The summed E-state index contributed by atoms with van der Waals surface area (Å²) in [6.07, 6.45) is 0. The second-order valence-electron chi connectivity index (χ2n) is 5.00. The number of methoxy groups -OCH3 is 1. The number of morpholine rings is 1. The van der Waals surface area contributed by atoms with Gasteiger partial charge in [-0.2, -0.15) is 0 Å². The number of carbonyl (C=O) groups excluding carboxylic acids is 1. The molecule has 19 heavy (non-hydrogen) atoms. The zero-order valence-electron chi connectivity index (χ0n) is 11.3. The number of benzene rings is 1. The molecule has 1 N–H and O–H groups in total. The Bertz CT molecular complexity index is 463. The number of aliphatic hydroxyl groups excluding tert-OH is 1. The van der Waals surface area contributed by atoms with Crippen LogP contribution in [0, 0.1) is 0 Å². The maximum Gasteiger partial charge on any atom is 0.249 e. The third kappa shape index (κ3) is 3.24. The van der Waals surface area contributed by atoms with Crippen LogP contribution in [0.2, 0.25) is 0 Å². The molecule has 1 aliphatic rings. The molecule has 1 heterocycles. The van der Waals surface area contributed by atoms with Gasteiger partial charge in [-0.25, -0.2) is 0 Å². The summed E-state index contributed by atoms with van der Waals surface area (Å²) in [4.78, 5) is 13.5. The highest BCUT2D eigenvalue weighted by Gasteiger charge is 2.35. The van der Waals surface area contributed by atoms with Crippen LogP contribution in [-0.2, 0) is 16.1 Å². The molecule has 0 radical (unpaired) electrons. The summed E-state index contributed by atoms with van der Waals surface area (Å²) in [7, 11) is 1.61. The van der Waals surface area contributed by atoms with Crippen LogP contribution >= 0.6 is 0 Å². The smallest absolute Gasteiger partial charge is 0.249 e. The molecule has 0 spiro atoms. The van der Waals surface area contributed by atoms with E-state index in [0.29, 0.717) is 13.1 Å². The van der Waals surface area contributed by atoms with Gasteiger partial charge in [0.2, 0.25) is 5.91 Å². The standard InChI is InChI=1S/C14H19NO4/c1-14(10-16)9-15(13(17)8-19-14)7-11-4-3-5-12(6-11)18-2/h3-6,16H,7-10H2,1-2H3. The van der Waals surface area contributed by atoms with Crippen LogP contribution in [0.5, 0.6) is 5.75 Å². The third-order valence-electron chi connectivity index (χ3n) is 3.26. The van der Waals surface area contributed by atoms with Crippen molar-refractivity contribution in [2.75, 3.05) is 26.9 Å². The summed E-state index contributed by atoms with van der Waals surface area (Å²) in [6.45, 7) is 2.60. The van der Waals surface area contributed by atoms with Gasteiger partial charge in [0.1, 0.15) is 18.0 Å². The number of carbonyl (C=O) groups is 1. The summed E-state index contributed by atoms with van der Waals surface area (Å²) in [5, 5.41) is 9.32. The number of hydrogen-bond donors (Lipinski definition) is 1. The Morgan fingerprint density at radius 1 is 1.53 bits per heavy atom. The first-order valence-electron chi connectivity index (χ1n) is 6.22. The topological polar surface area (TPSA) is 59.0 Å². The zero-order valence-corrected chi connectivity index (χ0v) is 11.3. The highest BCUT2D eigenvalue weighted by atomic mass is 16.5. The zero-order chi connectivity index (χ0) is 13.9. The average molecular weight is 265 g/mol. The molecule has 5 nitrogen and oxygen atoms in total. The van der Waals surface area contributed by atoms with Gasteiger partial charge in [0, 0.05) is 6.54 Å². The van der Waals surface area contributed by atoms with Gasteiger partial charge in [-0.15, -0.1) is 0 Å². The van der Waals surface area contributed by atoms with Crippen molar-refractivity contribution in [1.82, 2.24) is 4.90 Å². The van der Waals surface area contributed by atoms with Crippen LogP contribution in [-0.4, -0.2) is 48.4 Å². The first-order valence-corrected chi connectivity index (χ1v) is 6.22. The van der Waals surface area contributed by atoms with E-state index in [0.717, 1.165) is 11.3 Å². The Morgan fingerprint density at radius 3 is 3.00 bits per heavy atom. The SMILES string of the molecule is COc1cccc(CN2CC(C)(CO)OCC2=O)c1. The van der Waals surface area contributed by atoms with Crippen molar-refractivity contribution >= 4 is 5.91 Å². The van der Waals surface area contributed by atoms with Crippen LogP contribution in [0.4, 0.5) is 0 Å². The number of ether oxygens (including phenoxy) is 2. The van der Waals surface area contributed by atoms with Crippen LogP contribution in [0.3, 0.4) is 0 Å². The number of hydrogen-bond acceptors (Lipinski definition) is 4. The molecule has 1 atom stereocenters. The van der Waals surface area contributed by atoms with E-state index < -0.39 is 5.60 Å². The van der Waals surface area contributed by atoms with Gasteiger partial charge in [-0.05, 0) is 24.6 Å². The van der Waals surface area contributed by atoms with E-state index in [-0.39, 0.29) is 19.1 Å². The molecule has 0 saturated carbocycles. The lowest BCUT2D eigenvalue weighted by atomic mass is 10.0. The van der Waals surface area contributed by atoms with E-state index in [4.69, 9.17) is 9.47 Å². The summed E-state index contributed by atoms with van der Waals surface area (Å²) in [5.41, 5.74) is 0.321. The van der Waals surface area contributed by atoms with Crippen molar-refractivity contribution in [3.05, 3.63) is 29.8 Å². The molecule has 0 aliphatic carbocycles. The summed E-state index contributed by atoms with van der Waals surface area (Å²) in [5.74, 6) is 0.705. The highest BCUT2D eigenvalue weighted by molar-refractivity contribution is 5.78. The summed E-state index contributed by atoms with van der Waals surface area (Å²) >= 11 is 0. The van der Waals surface area contributed by atoms with Gasteiger partial charge in [0.15, 0.2) is 0 Å². The Kier molecular flexibility index (Phi) is 4.07. The monoisotopic (exact) mass is 265 g/mol. The maximum atomic E-state index is 11.8. The number of nitrogens with zero attached hydrogens (tertiary/aromatic N) is 1. The van der Waals surface area contributed by atoms with Crippen molar-refractivity contribution in [2.24, 2.45) is 0 Å². The van der Waals surface area contributed by atoms with E-state index in [1.165, 1.54) is 0 Å². The fourth-order valence-corrected chi connectivity index (χ4v) is 2.10. The van der Waals surface area contributed by atoms with Crippen molar-refractivity contribution in [3.8, 4) is 5.75 Å². The van der Waals surface area contributed by atoms with Crippen LogP contribution in [0.25, 0.3) is 0 Å². The van der Waals surface area contributed by atoms with Gasteiger partial charge < -0.3 is 19.5 Å². The quantitative estimate of drug-likeness (QED) is 0.875. The minimum atomic E-state index is -0.674. The average Bonchev–Trinajstić information content (AvgIpc) is 2.43. The molecule has 2 rings (SSSR count). The van der Waals surface area contributed by atoms with Gasteiger partial charge >= 0.3 is 0 Å². The molecule has 1 unspecified atom stereocenters. The Labute approximate surface area is 112 Å². The minimum absolute atomic E-state index is 0.0149. The van der Waals surface area contributed by atoms with E-state index in [2.05, 4.69) is 0 Å². The van der Waals surface area contributed by atoms with Gasteiger partial charge in [-0.3, -0.25) is 4.79 Å². The molecule has 1 fully saturated rings. The predicted octanol–water partition coefficient (Wildman–Crippen LogP) is 0.805. The van der Waals surface area contributed by atoms with Crippen molar-refractivity contribution < 1.29 is 19.4 Å². The molecule has 1 aromatic carbocycles. The molecule has 5 heteroatoms. The normalized spacial score (nSPS) is 23.5. The van der Waals surface area contributed by atoms with E-state index in [1.54, 1.807) is 18.9 Å². The third-order valence-corrected chi connectivity index (χ3v) is 3.26. The van der Waals surface area contributed by atoms with Crippen LogP contribution in [0.1, 0.15) is 12.5 Å². The molecular formula is C14H19NO4. The van der Waals surface area contributed by atoms with E-state index in [1.807, 2.05) is 24.3 Å². The van der Waals surface area contributed by atoms with E-state index >= 15 is 0 Å². The summed E-state index contributed by atoms with van der Waals surface area (Å²) < 4.78 is 10.5. The largest absolute Gasteiger partial charge is 0.497 e. The highest BCUT2D eigenvalue weighted by Crippen LogP contribution is 2.21. The molecular weight excluding hydrogens is 246 g/mol. The van der Waals surface area contributed by atoms with Crippen LogP contribution < -0.4 is 4.74 Å². The lowest BCUT2D eigenvalue weighted by Crippen LogP contribution is -2.54. The number of aliphatic hydroxyl groups is 1. The first kappa shape index (κ1) is 13.8. The van der Waals surface area contributed by atoms with Crippen LogP contribution in [0.15, 0.2) is 24.3 Å². The Balaban J connectivity index is 2.09. The Hall–Kier alpha value is -1.59. The van der Waals surface area contributed by atoms with Crippen molar-refractivity contribution in [3.63, 3.8) is 0 Å². The molecule has 1 aliphatic heterocycles. The van der Waals surface area contributed by atoms with Gasteiger partial charge in [0.25, 0.3) is 0 Å². The molecule has 0 aromatic heterocycles. The minimum Gasteiger partial charge on any atom is -0.497 e. The van der Waals surface area contributed by atoms with Gasteiger partial charge in [0.05, 0.1) is 20.3 Å². The molecule has 104 valence electrons. The maximum absolute atomic E-state index is 11.8. The molecule has 1 saturated heterocycles. The fraction of sp³-hybridized carbons (Fsp3) is 0.500. The molecule has 0 bridgehead atoms.